The van der Waals surface area contributed by atoms with Crippen molar-refractivity contribution in [2.24, 2.45) is 0 Å². The Hall–Kier alpha value is -2.84. The van der Waals surface area contributed by atoms with Crippen LogP contribution < -0.4 is 9.50 Å². The molecule has 14 heteroatoms. The van der Waals surface area contributed by atoms with Gasteiger partial charge >= 0.3 is 15.6 Å². The van der Waals surface area contributed by atoms with Crippen LogP contribution in [-0.4, -0.2) is 34.7 Å². The van der Waals surface area contributed by atoms with E-state index < -0.39 is 27.3 Å². The van der Waals surface area contributed by atoms with Crippen molar-refractivity contribution < 1.29 is 34.6 Å². The maximum Gasteiger partial charge on any atom is 0.534 e. The number of hydrogen-bond donors (Lipinski definition) is 1. The lowest BCUT2D eigenvalue weighted by Gasteiger charge is -2.21. The van der Waals surface area contributed by atoms with Gasteiger partial charge in [-0.1, -0.05) is 0 Å². The predicted octanol–water partition coefficient (Wildman–Crippen LogP) is 4.67. The van der Waals surface area contributed by atoms with Crippen LogP contribution in [0.2, 0.25) is 0 Å². The zero-order valence-electron chi connectivity index (χ0n) is 16.7. The first-order valence-corrected chi connectivity index (χ1v) is 11.7. The number of alkyl halides is 3. The molecule has 176 valence electrons. The molecule has 1 unspecified atom stereocenters. The van der Waals surface area contributed by atoms with Gasteiger partial charge in [0.15, 0.2) is 0 Å². The molecule has 0 fully saturated rings. The highest BCUT2D eigenvalue weighted by atomic mass is 32.2. The third kappa shape index (κ3) is 4.50. The first-order valence-electron chi connectivity index (χ1n) is 9.36. The van der Waals surface area contributed by atoms with Gasteiger partial charge in [-0.3, -0.25) is 4.68 Å². The Balaban J connectivity index is 1.96. The molecule has 1 aliphatic rings. The van der Waals surface area contributed by atoms with Crippen LogP contribution in [0.15, 0.2) is 35.7 Å². The molecule has 0 spiro atoms. The summed E-state index contributed by atoms with van der Waals surface area (Å²) in [6, 6.07) is 2.99. The number of thiophene rings is 1. The predicted molar refractivity (Wildman–Crippen MR) is 112 cm³/mol. The second-order valence-electron chi connectivity index (χ2n) is 7.13. The van der Waals surface area contributed by atoms with E-state index >= 15 is 0 Å². The van der Waals surface area contributed by atoms with E-state index in [1.807, 2.05) is 6.92 Å². The molecule has 4 heterocycles. The highest BCUT2D eigenvalue weighted by Gasteiger charge is 2.49. The number of aromatic nitrogens is 3. The van der Waals surface area contributed by atoms with Crippen molar-refractivity contribution in [1.82, 2.24) is 20.1 Å². The molecule has 0 saturated heterocycles. The molecule has 1 N–H and O–H groups in total. The SMILES string of the molecule is CC1Cn2nc(-c3nc(OS(=O)(=O)C(F)(F)F)c4ccsc4c3C=C(F)/C=C/F)cc2CN1. The number of nitrogens with zero attached hydrogens (tertiary/aromatic N) is 3. The Bertz CT molecular complexity index is 1380. The van der Waals surface area contributed by atoms with Gasteiger partial charge in [0.2, 0.25) is 5.88 Å². The van der Waals surface area contributed by atoms with Gasteiger partial charge < -0.3 is 9.50 Å². The summed E-state index contributed by atoms with van der Waals surface area (Å²) < 4.78 is 95.0. The summed E-state index contributed by atoms with van der Waals surface area (Å²) in [6.45, 7) is 2.87. The molecule has 0 radical (unpaired) electrons. The molecule has 0 aliphatic carbocycles. The molecule has 1 aliphatic heterocycles. The zero-order valence-corrected chi connectivity index (χ0v) is 18.4. The summed E-state index contributed by atoms with van der Waals surface area (Å²) >= 11 is 0.994. The third-order valence-corrected chi connectivity index (χ3v) is 6.66. The van der Waals surface area contributed by atoms with Crippen LogP contribution in [0.4, 0.5) is 22.0 Å². The van der Waals surface area contributed by atoms with Gasteiger partial charge in [0, 0.05) is 28.9 Å². The highest BCUT2D eigenvalue weighted by molar-refractivity contribution is 7.88. The summed E-state index contributed by atoms with van der Waals surface area (Å²) in [5.41, 5.74) is -4.81. The lowest BCUT2D eigenvalue weighted by atomic mass is 10.1. The van der Waals surface area contributed by atoms with Crippen molar-refractivity contribution in [1.29, 1.82) is 0 Å². The zero-order chi connectivity index (χ0) is 24.0. The van der Waals surface area contributed by atoms with Crippen molar-refractivity contribution in [2.75, 3.05) is 0 Å². The van der Waals surface area contributed by atoms with Gasteiger partial charge in [-0.05, 0) is 30.5 Å². The van der Waals surface area contributed by atoms with E-state index in [4.69, 9.17) is 0 Å². The Morgan fingerprint density at radius 3 is 2.85 bits per heavy atom. The first kappa shape index (κ1) is 23.3. The fourth-order valence-electron chi connectivity index (χ4n) is 3.28. The molecule has 0 saturated carbocycles. The first-order chi connectivity index (χ1) is 15.5. The quantitative estimate of drug-likeness (QED) is 0.234. The van der Waals surface area contributed by atoms with Gasteiger partial charge in [-0.2, -0.15) is 26.7 Å². The van der Waals surface area contributed by atoms with E-state index in [1.54, 1.807) is 10.7 Å². The number of hydrogen-bond acceptors (Lipinski definition) is 7. The van der Waals surface area contributed by atoms with Crippen molar-refractivity contribution in [3.8, 4) is 17.3 Å². The van der Waals surface area contributed by atoms with Crippen molar-refractivity contribution in [2.45, 2.75) is 31.6 Å². The van der Waals surface area contributed by atoms with Crippen molar-refractivity contribution in [3.05, 3.63) is 47.0 Å². The van der Waals surface area contributed by atoms with E-state index in [0.29, 0.717) is 19.2 Å². The molecular formula is C19H15F5N4O3S2. The van der Waals surface area contributed by atoms with Gasteiger partial charge in [-0.15, -0.1) is 11.3 Å². The number of allylic oxidation sites excluding steroid dienone is 2. The minimum Gasteiger partial charge on any atom is -0.355 e. The van der Waals surface area contributed by atoms with Crippen molar-refractivity contribution >= 4 is 37.6 Å². The Kier molecular flexibility index (Phi) is 6.01. The van der Waals surface area contributed by atoms with Crippen LogP contribution in [0.25, 0.3) is 27.6 Å². The lowest BCUT2D eigenvalue weighted by Crippen LogP contribution is -2.36. The summed E-state index contributed by atoms with van der Waals surface area (Å²) in [5.74, 6) is -1.82. The fraction of sp³-hybridized carbons (Fsp3) is 0.263. The summed E-state index contributed by atoms with van der Waals surface area (Å²) in [5, 5.41) is 9.00. The van der Waals surface area contributed by atoms with E-state index in [9.17, 15) is 30.4 Å². The molecule has 33 heavy (non-hydrogen) atoms. The topological polar surface area (TPSA) is 86.1 Å². The standard InChI is InChI=1S/C19H15F5N4O3S2/c1-10-9-28-12(8-25-10)7-15(27-28)16-14(6-11(21)2-4-20)17-13(3-5-32-17)18(26-16)31-33(29,30)19(22,23)24/h2-7,10,25H,8-9H2,1H3/b4-2+,11-6?. The van der Waals surface area contributed by atoms with Gasteiger partial charge in [-0.25, -0.2) is 13.8 Å². The number of pyridine rings is 1. The van der Waals surface area contributed by atoms with Crippen LogP contribution in [0, 0.1) is 0 Å². The largest absolute Gasteiger partial charge is 0.534 e. The minimum absolute atomic E-state index is 0.0136. The normalized spacial score (nSPS) is 17.6. The molecule has 0 aromatic carbocycles. The fourth-order valence-corrected chi connectivity index (χ4v) is 4.61. The summed E-state index contributed by atoms with van der Waals surface area (Å²) in [6.07, 6.45) is 1.48. The number of rotatable bonds is 5. The average Bonchev–Trinajstić information content (AvgIpc) is 3.35. The van der Waals surface area contributed by atoms with Gasteiger partial charge in [0.1, 0.15) is 17.2 Å². The smallest absolute Gasteiger partial charge is 0.355 e. The molecular weight excluding hydrogens is 491 g/mol. The molecule has 7 nitrogen and oxygen atoms in total. The molecule has 0 amide bonds. The molecule has 4 rings (SSSR count). The summed E-state index contributed by atoms with van der Waals surface area (Å²) in [4.78, 5) is 4.00. The maximum absolute atomic E-state index is 14.2. The maximum atomic E-state index is 14.2. The number of nitrogens with one attached hydrogen (secondary N) is 1. The third-order valence-electron chi connectivity index (χ3n) is 4.77. The van der Waals surface area contributed by atoms with Crippen LogP contribution in [0.1, 0.15) is 18.2 Å². The molecule has 1 atom stereocenters. The van der Waals surface area contributed by atoms with E-state index in [-0.39, 0.29) is 39.4 Å². The van der Waals surface area contributed by atoms with Gasteiger partial charge in [0.25, 0.3) is 0 Å². The van der Waals surface area contributed by atoms with Crippen molar-refractivity contribution in [3.63, 3.8) is 0 Å². The van der Waals surface area contributed by atoms with E-state index in [2.05, 4.69) is 19.6 Å². The summed E-state index contributed by atoms with van der Waals surface area (Å²) in [7, 11) is -6.02. The second-order valence-corrected chi connectivity index (χ2v) is 9.59. The average molecular weight is 506 g/mol. The Labute approximate surface area is 188 Å². The molecule has 3 aromatic rings. The molecule has 0 bridgehead atoms. The second kappa shape index (κ2) is 8.50. The van der Waals surface area contributed by atoms with Crippen LogP contribution in [0.5, 0.6) is 5.88 Å². The monoisotopic (exact) mass is 506 g/mol. The van der Waals surface area contributed by atoms with Gasteiger partial charge in [0.05, 0.1) is 24.0 Å². The van der Waals surface area contributed by atoms with Crippen LogP contribution >= 0.6 is 11.3 Å². The minimum atomic E-state index is -6.02. The Morgan fingerprint density at radius 2 is 2.15 bits per heavy atom. The van der Waals surface area contributed by atoms with E-state index in [1.165, 1.54) is 11.4 Å². The van der Waals surface area contributed by atoms with Crippen LogP contribution in [0.3, 0.4) is 0 Å². The number of halogens is 5. The highest BCUT2D eigenvalue weighted by Crippen LogP contribution is 2.40. The van der Waals surface area contributed by atoms with E-state index in [0.717, 1.165) is 23.1 Å². The number of fused-ring (bicyclic) bond motifs is 2. The Morgan fingerprint density at radius 1 is 1.39 bits per heavy atom. The van der Waals surface area contributed by atoms with Crippen LogP contribution in [-0.2, 0) is 23.2 Å². The lowest BCUT2D eigenvalue weighted by molar-refractivity contribution is -0.0500. The molecule has 3 aromatic heterocycles.